The van der Waals surface area contributed by atoms with E-state index in [9.17, 15) is 18.5 Å². The quantitative estimate of drug-likeness (QED) is 0.393. The lowest BCUT2D eigenvalue weighted by Crippen LogP contribution is -2.41. The maximum atomic E-state index is 13.2. The van der Waals surface area contributed by atoms with Crippen LogP contribution in [0.3, 0.4) is 0 Å². The van der Waals surface area contributed by atoms with E-state index >= 15 is 0 Å². The molecule has 8 heteroatoms. The van der Waals surface area contributed by atoms with Gasteiger partial charge >= 0.3 is 0 Å². The molecule has 1 N–H and O–H groups in total. The molecule has 0 amide bonds. The fraction of sp³-hybridized carbons (Fsp3) is 0.417. The average Bonchev–Trinajstić information content (AvgIpc) is 3.44. The Labute approximate surface area is 196 Å². The first-order valence-corrected chi connectivity index (χ1v) is 13.0. The number of nitrogens with one attached hydrogen (secondary N) is 1. The van der Waals surface area contributed by atoms with Gasteiger partial charge < -0.3 is 4.42 Å². The number of furan rings is 1. The smallest absolute Gasteiger partial charge is 0.241 e. The van der Waals surface area contributed by atoms with E-state index in [4.69, 9.17) is 4.42 Å². The van der Waals surface area contributed by atoms with Crippen LogP contribution in [0.2, 0.25) is 0 Å². The highest BCUT2D eigenvalue weighted by Gasteiger charge is 2.43. The monoisotopic (exact) mass is 516 g/mol. The molecule has 0 radical (unpaired) electrons. The van der Waals surface area contributed by atoms with E-state index in [2.05, 4.69) is 26.7 Å². The Kier molecular flexibility index (Phi) is 6.19. The second-order valence-corrected chi connectivity index (χ2v) is 11.7. The number of sulfonamides is 1. The number of nitrogens with zero attached hydrogens (tertiary/aromatic N) is 1. The number of hydrogen-bond acceptors (Lipinski definition) is 5. The lowest BCUT2D eigenvalue weighted by Gasteiger charge is -2.20. The van der Waals surface area contributed by atoms with Crippen LogP contribution in [0.1, 0.15) is 46.0 Å². The van der Waals surface area contributed by atoms with Gasteiger partial charge in [-0.2, -0.15) is 5.26 Å². The summed E-state index contributed by atoms with van der Waals surface area (Å²) in [5, 5.41) is 10.8. The Bertz CT molecular complexity index is 1330. The highest BCUT2D eigenvalue weighted by Crippen LogP contribution is 2.49. The van der Waals surface area contributed by atoms with Gasteiger partial charge in [0.05, 0.1) is 22.4 Å². The number of halogens is 1. The van der Waals surface area contributed by atoms with Gasteiger partial charge in [-0.15, -0.1) is 0 Å². The van der Waals surface area contributed by atoms with Crippen LogP contribution >= 0.6 is 15.9 Å². The summed E-state index contributed by atoms with van der Waals surface area (Å²) < 4.78 is 35.7. The third kappa shape index (κ3) is 4.75. The molecule has 0 saturated heterocycles. The topological polar surface area (TPSA) is 100 Å². The zero-order valence-electron chi connectivity index (χ0n) is 18.0. The molecular weight excluding hydrogens is 492 g/mol. The number of benzene rings is 2. The summed E-state index contributed by atoms with van der Waals surface area (Å²) >= 11 is 3.44. The molecule has 0 unspecified atom stereocenters. The third-order valence-electron chi connectivity index (χ3n) is 6.05. The van der Waals surface area contributed by atoms with Crippen molar-refractivity contribution in [2.45, 2.75) is 56.9 Å². The Morgan fingerprint density at radius 3 is 2.47 bits per heavy atom. The van der Waals surface area contributed by atoms with Crippen molar-refractivity contribution >= 4 is 53.7 Å². The summed E-state index contributed by atoms with van der Waals surface area (Å²) in [6.45, 7) is 3.90. The summed E-state index contributed by atoms with van der Waals surface area (Å²) in [6.07, 6.45) is 2.72. The van der Waals surface area contributed by atoms with E-state index in [0.29, 0.717) is 29.4 Å². The molecule has 168 valence electrons. The molecule has 6 nitrogen and oxygen atoms in total. The van der Waals surface area contributed by atoms with Gasteiger partial charge in [-0.3, -0.25) is 4.79 Å². The minimum Gasteiger partial charge on any atom is -0.456 e. The van der Waals surface area contributed by atoms with Crippen LogP contribution in [-0.4, -0.2) is 20.2 Å². The molecule has 1 atom stereocenters. The highest BCUT2D eigenvalue weighted by molar-refractivity contribution is 9.10. The van der Waals surface area contributed by atoms with Gasteiger partial charge in [-0.25, -0.2) is 13.1 Å². The van der Waals surface area contributed by atoms with Crippen molar-refractivity contribution in [2.24, 2.45) is 11.3 Å². The van der Waals surface area contributed by atoms with Crippen LogP contribution in [0.4, 0.5) is 0 Å². The van der Waals surface area contributed by atoms with E-state index < -0.39 is 21.5 Å². The van der Waals surface area contributed by atoms with Gasteiger partial charge in [-0.1, -0.05) is 29.8 Å². The van der Waals surface area contributed by atoms with Gasteiger partial charge in [0, 0.05) is 21.7 Å². The SMILES string of the molecule is CC(C)C[C@H](NS(=O)(=O)c1ccc2oc3ccc(Br)cc3c2c1)C(=O)CCC1(C#N)CC1. The summed E-state index contributed by atoms with van der Waals surface area (Å²) in [4.78, 5) is 13.0. The van der Waals surface area contributed by atoms with Gasteiger partial charge in [0.2, 0.25) is 10.0 Å². The first-order chi connectivity index (χ1) is 15.1. The molecule has 3 aromatic rings. The van der Waals surface area contributed by atoms with Crippen molar-refractivity contribution in [1.29, 1.82) is 5.26 Å². The molecule has 1 heterocycles. The van der Waals surface area contributed by atoms with E-state index in [0.717, 1.165) is 22.7 Å². The van der Waals surface area contributed by atoms with Crippen molar-refractivity contribution in [3.8, 4) is 6.07 Å². The molecule has 0 aliphatic heterocycles. The molecule has 2 aromatic carbocycles. The zero-order valence-corrected chi connectivity index (χ0v) is 20.4. The van der Waals surface area contributed by atoms with Crippen molar-refractivity contribution in [3.63, 3.8) is 0 Å². The summed E-state index contributed by atoms with van der Waals surface area (Å²) in [5.41, 5.74) is 0.877. The van der Waals surface area contributed by atoms with Crippen LogP contribution in [0.25, 0.3) is 21.9 Å². The number of ketones is 1. The maximum absolute atomic E-state index is 13.2. The Morgan fingerprint density at radius 2 is 1.84 bits per heavy atom. The third-order valence-corrected chi connectivity index (χ3v) is 8.01. The highest BCUT2D eigenvalue weighted by atomic mass is 79.9. The van der Waals surface area contributed by atoms with Crippen molar-refractivity contribution < 1.29 is 17.6 Å². The summed E-state index contributed by atoms with van der Waals surface area (Å²) in [6, 6.07) is 11.8. The van der Waals surface area contributed by atoms with Crippen LogP contribution in [0, 0.1) is 22.7 Å². The summed E-state index contributed by atoms with van der Waals surface area (Å²) in [7, 11) is -3.93. The number of fused-ring (bicyclic) bond motifs is 3. The first-order valence-electron chi connectivity index (χ1n) is 10.7. The van der Waals surface area contributed by atoms with Gasteiger partial charge in [0.1, 0.15) is 11.2 Å². The number of nitriles is 1. The molecule has 1 aromatic heterocycles. The fourth-order valence-corrected chi connectivity index (χ4v) is 5.59. The first kappa shape index (κ1) is 23.0. The zero-order chi connectivity index (χ0) is 23.1. The Hall–Kier alpha value is -2.21. The van der Waals surface area contributed by atoms with E-state index in [1.54, 1.807) is 12.1 Å². The van der Waals surface area contributed by atoms with Gasteiger partial charge in [0.25, 0.3) is 0 Å². The maximum Gasteiger partial charge on any atom is 0.241 e. The van der Waals surface area contributed by atoms with Crippen molar-refractivity contribution in [1.82, 2.24) is 4.72 Å². The van der Waals surface area contributed by atoms with Crippen molar-refractivity contribution in [2.75, 3.05) is 0 Å². The number of hydrogen-bond donors (Lipinski definition) is 1. The predicted molar refractivity (Wildman–Crippen MR) is 127 cm³/mol. The molecule has 32 heavy (non-hydrogen) atoms. The molecule has 0 bridgehead atoms. The van der Waals surface area contributed by atoms with Crippen LogP contribution in [-0.2, 0) is 14.8 Å². The Balaban J connectivity index is 1.60. The lowest BCUT2D eigenvalue weighted by atomic mass is 9.94. The van der Waals surface area contributed by atoms with Crippen LogP contribution in [0.5, 0.6) is 0 Å². The summed E-state index contributed by atoms with van der Waals surface area (Å²) in [5.74, 6) is -0.0299. The standard InChI is InChI=1S/C24H25BrN2O4S/c1-15(2)11-20(21(28)7-8-24(14-26)9-10-24)27-32(29,30)17-4-6-23-19(13-17)18-12-16(25)3-5-22(18)31-23/h3-6,12-13,15,20,27H,7-11H2,1-2H3/t20-/m0/s1. The molecule has 1 aliphatic carbocycles. The largest absolute Gasteiger partial charge is 0.456 e. The molecule has 4 rings (SSSR count). The predicted octanol–water partition coefficient (Wildman–Crippen LogP) is 5.69. The minimum absolute atomic E-state index is 0.0879. The second-order valence-electron chi connectivity index (χ2n) is 9.06. The molecule has 1 fully saturated rings. The normalized spacial score (nSPS) is 16.3. The number of rotatable bonds is 9. The average molecular weight is 517 g/mol. The second kappa shape index (κ2) is 8.62. The van der Waals surface area contributed by atoms with Crippen molar-refractivity contribution in [3.05, 3.63) is 40.9 Å². The fourth-order valence-electron chi connectivity index (χ4n) is 3.97. The minimum atomic E-state index is -3.93. The molecule has 1 aliphatic rings. The molecule has 0 spiro atoms. The van der Waals surface area contributed by atoms with E-state index in [-0.39, 0.29) is 23.0 Å². The number of Topliss-reactive ketones (excluding diaryl/α,β-unsaturated/α-hetero) is 1. The number of carbonyl (C=O) groups is 1. The van der Waals surface area contributed by atoms with Gasteiger partial charge in [-0.05, 0) is 68.0 Å². The molecular formula is C24H25BrN2O4S. The molecule has 1 saturated carbocycles. The van der Waals surface area contributed by atoms with E-state index in [1.807, 2.05) is 32.0 Å². The van der Waals surface area contributed by atoms with E-state index in [1.165, 1.54) is 6.07 Å². The van der Waals surface area contributed by atoms with Crippen LogP contribution < -0.4 is 4.72 Å². The number of carbonyl (C=O) groups excluding carboxylic acids is 1. The van der Waals surface area contributed by atoms with Gasteiger partial charge in [0.15, 0.2) is 5.78 Å². The van der Waals surface area contributed by atoms with Crippen LogP contribution in [0.15, 0.2) is 50.2 Å². The Morgan fingerprint density at radius 1 is 1.19 bits per heavy atom. The lowest BCUT2D eigenvalue weighted by molar-refractivity contribution is -0.121.